The third kappa shape index (κ3) is 3.70. The Morgan fingerprint density at radius 3 is 2.68 bits per heavy atom. The van der Waals surface area contributed by atoms with Gasteiger partial charge in [-0.05, 0) is 74.6 Å². The monoisotopic (exact) mass is 412 g/mol. The highest BCUT2D eigenvalue weighted by Crippen LogP contribution is 2.55. The number of carbonyl (C=O) groups excluding carboxylic acids is 1. The lowest BCUT2D eigenvalue weighted by Crippen LogP contribution is -2.47. The summed E-state index contributed by atoms with van der Waals surface area (Å²) in [7, 11) is 1.92. The Bertz CT molecular complexity index is 670. The summed E-state index contributed by atoms with van der Waals surface area (Å²) < 4.78 is 20.6. The lowest BCUT2D eigenvalue weighted by molar-refractivity contribution is 0.0212. The number of likely N-dealkylation sites (tertiary alicyclic amines) is 1. The van der Waals surface area contributed by atoms with Crippen molar-refractivity contribution < 1.29 is 13.9 Å². The van der Waals surface area contributed by atoms with Crippen LogP contribution in [0.2, 0.25) is 0 Å². The minimum Gasteiger partial charge on any atom is -0.444 e. The fourth-order valence-corrected chi connectivity index (χ4v) is 4.36. The van der Waals surface area contributed by atoms with Crippen LogP contribution in [-0.4, -0.2) is 42.3 Å². The quantitative estimate of drug-likeness (QED) is 0.811. The molecule has 25 heavy (non-hydrogen) atoms. The predicted octanol–water partition coefficient (Wildman–Crippen LogP) is 4.12. The molecule has 2 unspecified atom stereocenters. The third-order valence-corrected chi connectivity index (χ3v) is 5.83. The number of likely N-dealkylation sites (N-methyl/N-ethyl adjacent to an activating group) is 1. The molecule has 2 atom stereocenters. The normalized spacial score (nSPS) is 24.6. The summed E-state index contributed by atoms with van der Waals surface area (Å²) in [6.07, 6.45) is 2.35. The van der Waals surface area contributed by atoms with E-state index in [1.165, 1.54) is 0 Å². The molecular formula is C19H26BrFN2O2. The van der Waals surface area contributed by atoms with Crippen LogP contribution in [0, 0.1) is 11.2 Å². The fourth-order valence-electron chi connectivity index (χ4n) is 3.95. The molecule has 138 valence electrons. The van der Waals surface area contributed by atoms with Gasteiger partial charge in [0.2, 0.25) is 0 Å². The third-order valence-electron chi connectivity index (χ3n) is 5.22. The van der Waals surface area contributed by atoms with E-state index < -0.39 is 5.60 Å². The Morgan fingerprint density at radius 1 is 1.44 bits per heavy atom. The lowest BCUT2D eigenvalue weighted by Gasteiger charge is -2.31. The zero-order valence-corrected chi connectivity index (χ0v) is 16.8. The average Bonchev–Trinajstić information content (AvgIpc) is 3.20. The van der Waals surface area contributed by atoms with Crippen molar-refractivity contribution in [3.05, 3.63) is 34.1 Å². The Morgan fingerprint density at radius 2 is 2.12 bits per heavy atom. The van der Waals surface area contributed by atoms with E-state index in [-0.39, 0.29) is 29.4 Å². The van der Waals surface area contributed by atoms with Gasteiger partial charge in [0, 0.05) is 18.0 Å². The van der Waals surface area contributed by atoms with Crippen LogP contribution in [0.3, 0.4) is 0 Å². The maximum Gasteiger partial charge on any atom is 0.410 e. The first kappa shape index (κ1) is 18.6. The van der Waals surface area contributed by atoms with Crippen LogP contribution in [0.1, 0.15) is 39.2 Å². The number of rotatable bonds is 3. The SMILES string of the molecule is CNC1C(Cc2cccc(Br)c2F)N(C(=O)OC(C)(C)C)CC12CC2. The Hall–Kier alpha value is -1.14. The van der Waals surface area contributed by atoms with Crippen LogP contribution in [0.4, 0.5) is 9.18 Å². The van der Waals surface area contributed by atoms with Crippen LogP contribution in [0.15, 0.2) is 22.7 Å². The summed E-state index contributed by atoms with van der Waals surface area (Å²) in [5, 5.41) is 3.39. The van der Waals surface area contributed by atoms with Gasteiger partial charge in [0.1, 0.15) is 11.4 Å². The van der Waals surface area contributed by atoms with E-state index >= 15 is 0 Å². The minimum atomic E-state index is -0.545. The van der Waals surface area contributed by atoms with Crippen LogP contribution in [-0.2, 0) is 11.2 Å². The molecule has 1 aromatic rings. The maximum absolute atomic E-state index is 14.5. The summed E-state index contributed by atoms with van der Waals surface area (Å²) in [5.41, 5.74) is 0.182. The summed E-state index contributed by atoms with van der Waals surface area (Å²) in [6, 6.07) is 5.34. The van der Waals surface area contributed by atoms with Gasteiger partial charge in [0.05, 0.1) is 10.5 Å². The smallest absolute Gasteiger partial charge is 0.410 e. The Balaban J connectivity index is 1.88. The predicted molar refractivity (Wildman–Crippen MR) is 99.0 cm³/mol. The highest BCUT2D eigenvalue weighted by molar-refractivity contribution is 9.10. The number of nitrogens with zero attached hydrogens (tertiary/aromatic N) is 1. The number of amides is 1. The molecule has 1 saturated carbocycles. The van der Waals surface area contributed by atoms with Gasteiger partial charge in [-0.15, -0.1) is 0 Å². The zero-order chi connectivity index (χ0) is 18.4. The van der Waals surface area contributed by atoms with E-state index in [1.54, 1.807) is 17.0 Å². The number of benzene rings is 1. The molecule has 1 aliphatic heterocycles. The van der Waals surface area contributed by atoms with Gasteiger partial charge in [0.25, 0.3) is 0 Å². The first-order chi connectivity index (χ1) is 11.7. The van der Waals surface area contributed by atoms with E-state index in [1.807, 2.05) is 33.9 Å². The highest BCUT2D eigenvalue weighted by Gasteiger charge is 2.60. The second kappa shape index (κ2) is 6.54. The topological polar surface area (TPSA) is 41.6 Å². The van der Waals surface area contributed by atoms with Gasteiger partial charge in [0.15, 0.2) is 0 Å². The summed E-state index contributed by atoms with van der Waals surface area (Å²) in [5.74, 6) is -0.252. The van der Waals surface area contributed by atoms with Gasteiger partial charge in [-0.3, -0.25) is 0 Å². The molecule has 1 saturated heterocycles. The Kier molecular flexibility index (Phi) is 4.88. The van der Waals surface area contributed by atoms with Crippen molar-refractivity contribution in [2.45, 2.75) is 57.7 Å². The van der Waals surface area contributed by atoms with Crippen LogP contribution >= 0.6 is 15.9 Å². The van der Waals surface area contributed by atoms with Crippen molar-refractivity contribution in [3.63, 3.8) is 0 Å². The van der Waals surface area contributed by atoms with Gasteiger partial charge in [-0.2, -0.15) is 0 Å². The Labute approximate surface area is 157 Å². The van der Waals surface area contributed by atoms with Crippen LogP contribution in [0.5, 0.6) is 0 Å². The van der Waals surface area contributed by atoms with Crippen molar-refractivity contribution in [1.82, 2.24) is 10.2 Å². The van der Waals surface area contributed by atoms with Crippen LogP contribution < -0.4 is 5.32 Å². The molecule has 2 fully saturated rings. The largest absolute Gasteiger partial charge is 0.444 e. The van der Waals surface area contributed by atoms with Crippen LogP contribution in [0.25, 0.3) is 0 Å². The second-order valence-corrected chi connectivity index (χ2v) is 9.08. The van der Waals surface area contributed by atoms with Gasteiger partial charge >= 0.3 is 6.09 Å². The maximum atomic E-state index is 14.5. The number of hydrogen-bond acceptors (Lipinski definition) is 3. The standard InChI is InChI=1S/C19H26BrFN2O2/c1-18(2,3)25-17(24)23-11-19(8-9-19)16(22-4)14(23)10-12-6-5-7-13(20)15(12)21/h5-7,14,16,22H,8-11H2,1-4H3. The number of carbonyl (C=O) groups is 1. The van der Waals surface area contributed by atoms with Gasteiger partial charge in [-0.25, -0.2) is 9.18 Å². The van der Waals surface area contributed by atoms with E-state index in [2.05, 4.69) is 21.2 Å². The van der Waals surface area contributed by atoms with Crippen molar-refractivity contribution in [1.29, 1.82) is 0 Å². The van der Waals surface area contributed by atoms with Crippen molar-refractivity contribution >= 4 is 22.0 Å². The van der Waals surface area contributed by atoms with E-state index in [0.717, 1.165) is 12.8 Å². The molecule has 0 aromatic heterocycles. The molecule has 4 nitrogen and oxygen atoms in total. The summed E-state index contributed by atoms with van der Waals surface area (Å²) in [4.78, 5) is 14.6. The molecule has 1 aromatic carbocycles. The molecular weight excluding hydrogens is 387 g/mol. The average molecular weight is 413 g/mol. The summed E-state index contributed by atoms with van der Waals surface area (Å²) >= 11 is 3.25. The molecule has 1 spiro atoms. The van der Waals surface area contributed by atoms with E-state index in [4.69, 9.17) is 4.74 Å². The number of halogens is 2. The number of hydrogen-bond donors (Lipinski definition) is 1. The molecule has 0 radical (unpaired) electrons. The number of ether oxygens (including phenoxy) is 1. The van der Waals surface area contributed by atoms with Gasteiger partial charge in [-0.1, -0.05) is 12.1 Å². The lowest BCUT2D eigenvalue weighted by atomic mass is 9.92. The molecule has 1 amide bonds. The minimum absolute atomic E-state index is 0.110. The van der Waals surface area contributed by atoms with Crippen molar-refractivity contribution in [2.24, 2.45) is 5.41 Å². The molecule has 0 bridgehead atoms. The summed E-state index contributed by atoms with van der Waals surface area (Å²) in [6.45, 7) is 6.28. The molecule has 1 aliphatic carbocycles. The number of nitrogens with one attached hydrogen (secondary N) is 1. The van der Waals surface area contributed by atoms with Crippen molar-refractivity contribution in [2.75, 3.05) is 13.6 Å². The van der Waals surface area contributed by atoms with Crippen molar-refractivity contribution in [3.8, 4) is 0 Å². The first-order valence-corrected chi connectivity index (χ1v) is 9.56. The molecule has 2 aliphatic rings. The molecule has 1 N–H and O–H groups in total. The van der Waals surface area contributed by atoms with E-state index in [0.29, 0.717) is 23.0 Å². The first-order valence-electron chi connectivity index (χ1n) is 8.77. The van der Waals surface area contributed by atoms with E-state index in [9.17, 15) is 9.18 Å². The zero-order valence-electron chi connectivity index (χ0n) is 15.2. The fraction of sp³-hybridized carbons (Fsp3) is 0.632. The second-order valence-electron chi connectivity index (χ2n) is 8.22. The molecule has 3 rings (SSSR count). The highest BCUT2D eigenvalue weighted by atomic mass is 79.9. The molecule has 6 heteroatoms. The van der Waals surface area contributed by atoms with Gasteiger partial charge < -0.3 is 15.0 Å². The molecule has 1 heterocycles.